The largest absolute Gasteiger partial charge is 0.451 e. The smallest absolute Gasteiger partial charge is 0.293 e. The molecule has 6 nitrogen and oxygen atoms in total. The van der Waals surface area contributed by atoms with Gasteiger partial charge in [-0.2, -0.15) is 13.2 Å². The van der Waals surface area contributed by atoms with Gasteiger partial charge in [0.15, 0.2) is 0 Å². The lowest BCUT2D eigenvalue weighted by atomic mass is 10.1. The van der Waals surface area contributed by atoms with Gasteiger partial charge >= 0.3 is 6.18 Å². The number of halogens is 3. The van der Waals surface area contributed by atoms with Gasteiger partial charge in [0.2, 0.25) is 5.82 Å². The topological polar surface area (TPSA) is 59.7 Å². The first-order chi connectivity index (χ1) is 12.5. The minimum atomic E-state index is -4.51. The molecule has 0 aliphatic carbocycles. The van der Waals surface area contributed by atoms with E-state index in [4.69, 9.17) is 0 Å². The second-order valence-electron chi connectivity index (χ2n) is 6.11. The Hall–Kier alpha value is -2.81. The van der Waals surface area contributed by atoms with Crippen LogP contribution in [0.2, 0.25) is 0 Å². The van der Waals surface area contributed by atoms with Crippen LogP contribution in [0.5, 0.6) is 0 Å². The molecule has 1 aliphatic heterocycles. The van der Waals surface area contributed by atoms with E-state index in [2.05, 4.69) is 25.2 Å². The summed E-state index contributed by atoms with van der Waals surface area (Å²) in [5.74, 6) is -1.07. The molecule has 0 bridgehead atoms. The molecule has 4 rings (SSSR count). The quantitative estimate of drug-likeness (QED) is 0.719. The summed E-state index contributed by atoms with van der Waals surface area (Å²) in [5, 5.41) is 8.31. The zero-order valence-electron chi connectivity index (χ0n) is 13.7. The lowest BCUT2D eigenvalue weighted by Crippen LogP contribution is -2.31. The molecule has 0 atom stereocenters. The van der Waals surface area contributed by atoms with Crippen molar-refractivity contribution < 1.29 is 13.2 Å². The highest BCUT2D eigenvalue weighted by molar-refractivity contribution is 5.30. The van der Waals surface area contributed by atoms with Gasteiger partial charge in [0.25, 0.3) is 0 Å². The molecule has 1 aromatic carbocycles. The Kier molecular flexibility index (Phi) is 4.15. The predicted molar refractivity (Wildman–Crippen MR) is 86.2 cm³/mol. The average molecular weight is 360 g/mol. The van der Waals surface area contributed by atoms with Gasteiger partial charge in [-0.15, -0.1) is 5.10 Å². The van der Waals surface area contributed by atoms with Crippen molar-refractivity contribution in [1.29, 1.82) is 0 Å². The Bertz CT molecular complexity index is 906. The molecule has 26 heavy (non-hydrogen) atoms. The molecule has 0 amide bonds. The Labute approximate surface area is 147 Å². The minimum Gasteiger partial charge on any atom is -0.293 e. The normalized spacial score (nSPS) is 15.0. The first-order valence-electron chi connectivity index (χ1n) is 8.10. The molecule has 0 radical (unpaired) electrons. The van der Waals surface area contributed by atoms with E-state index in [9.17, 15) is 13.2 Å². The maximum atomic E-state index is 12.7. The van der Waals surface area contributed by atoms with Crippen molar-refractivity contribution in [3.8, 4) is 5.69 Å². The molecular weight excluding hydrogens is 345 g/mol. The van der Waals surface area contributed by atoms with Crippen molar-refractivity contribution in [2.24, 2.45) is 0 Å². The fourth-order valence-corrected chi connectivity index (χ4v) is 2.95. The number of nitrogens with zero attached hydrogens (tertiary/aromatic N) is 6. The van der Waals surface area contributed by atoms with E-state index in [0.29, 0.717) is 31.7 Å². The summed E-state index contributed by atoms with van der Waals surface area (Å²) < 4.78 is 39.8. The predicted octanol–water partition coefficient (Wildman–Crippen LogP) is 2.63. The Morgan fingerprint density at radius 1 is 1.12 bits per heavy atom. The van der Waals surface area contributed by atoms with Crippen molar-refractivity contribution in [3.63, 3.8) is 0 Å². The molecular formula is C17H15F3N6. The van der Waals surface area contributed by atoms with E-state index in [-0.39, 0.29) is 0 Å². The third-order valence-electron chi connectivity index (χ3n) is 4.21. The highest BCUT2D eigenvalue weighted by atomic mass is 19.4. The summed E-state index contributed by atoms with van der Waals surface area (Å²) in [6, 6.07) is 9.65. The van der Waals surface area contributed by atoms with Gasteiger partial charge in [0, 0.05) is 37.8 Å². The molecule has 0 saturated carbocycles. The summed E-state index contributed by atoms with van der Waals surface area (Å²) in [5.41, 5.74) is 2.91. The van der Waals surface area contributed by atoms with Crippen LogP contribution in [0.3, 0.4) is 0 Å². The van der Waals surface area contributed by atoms with Crippen LogP contribution in [0, 0.1) is 0 Å². The number of rotatable bonds is 3. The van der Waals surface area contributed by atoms with E-state index in [1.165, 1.54) is 6.20 Å². The van der Waals surface area contributed by atoms with E-state index in [1.807, 2.05) is 36.5 Å². The highest BCUT2D eigenvalue weighted by Crippen LogP contribution is 2.27. The summed E-state index contributed by atoms with van der Waals surface area (Å²) in [6.07, 6.45) is -0.928. The molecule has 3 heterocycles. The molecule has 2 aromatic heterocycles. The van der Waals surface area contributed by atoms with Crippen LogP contribution < -0.4 is 0 Å². The van der Waals surface area contributed by atoms with Crippen LogP contribution in [0.25, 0.3) is 5.69 Å². The molecule has 0 spiro atoms. The third kappa shape index (κ3) is 3.43. The maximum absolute atomic E-state index is 12.7. The second-order valence-corrected chi connectivity index (χ2v) is 6.11. The van der Waals surface area contributed by atoms with Crippen LogP contribution in [-0.4, -0.2) is 36.4 Å². The SMILES string of the molecule is FC(F)(F)c1ncc2c(n1)CCN(Cc1cn(-c3ccccc3)nn1)C2. The number of alkyl halides is 3. The minimum absolute atomic E-state index is 0.452. The Balaban J connectivity index is 1.46. The molecule has 0 fully saturated rings. The maximum Gasteiger partial charge on any atom is 0.451 e. The highest BCUT2D eigenvalue weighted by Gasteiger charge is 2.35. The summed E-state index contributed by atoms with van der Waals surface area (Å²) in [4.78, 5) is 9.22. The number of para-hydroxylation sites is 1. The molecule has 9 heteroatoms. The van der Waals surface area contributed by atoms with E-state index in [0.717, 1.165) is 16.9 Å². The lowest BCUT2D eigenvalue weighted by molar-refractivity contribution is -0.145. The number of fused-ring (bicyclic) bond motifs is 1. The van der Waals surface area contributed by atoms with Crippen LogP contribution >= 0.6 is 0 Å². The van der Waals surface area contributed by atoms with Crippen molar-refractivity contribution in [1.82, 2.24) is 29.9 Å². The second kappa shape index (κ2) is 6.49. The van der Waals surface area contributed by atoms with Crippen molar-refractivity contribution in [3.05, 3.63) is 65.5 Å². The Morgan fingerprint density at radius 3 is 2.69 bits per heavy atom. The van der Waals surface area contributed by atoms with Crippen LogP contribution in [0.15, 0.2) is 42.7 Å². The summed E-state index contributed by atoms with van der Waals surface area (Å²) in [6.45, 7) is 1.67. The summed E-state index contributed by atoms with van der Waals surface area (Å²) in [7, 11) is 0. The average Bonchev–Trinajstić information content (AvgIpc) is 3.10. The first-order valence-corrected chi connectivity index (χ1v) is 8.10. The number of benzene rings is 1. The van der Waals surface area contributed by atoms with Gasteiger partial charge in [0.1, 0.15) is 0 Å². The van der Waals surface area contributed by atoms with Gasteiger partial charge in [-0.3, -0.25) is 4.90 Å². The van der Waals surface area contributed by atoms with Crippen LogP contribution in [0.4, 0.5) is 13.2 Å². The van der Waals surface area contributed by atoms with Gasteiger partial charge < -0.3 is 0 Å². The van der Waals surface area contributed by atoms with E-state index >= 15 is 0 Å². The first kappa shape index (κ1) is 16.6. The van der Waals surface area contributed by atoms with Crippen LogP contribution in [0.1, 0.15) is 22.8 Å². The monoisotopic (exact) mass is 360 g/mol. The van der Waals surface area contributed by atoms with Gasteiger partial charge in [0.05, 0.1) is 23.3 Å². The van der Waals surface area contributed by atoms with Gasteiger partial charge in [-0.1, -0.05) is 23.4 Å². The third-order valence-corrected chi connectivity index (χ3v) is 4.21. The lowest BCUT2D eigenvalue weighted by Gasteiger charge is -2.27. The molecule has 134 valence electrons. The zero-order chi connectivity index (χ0) is 18.1. The molecule has 3 aromatic rings. The van der Waals surface area contributed by atoms with Crippen molar-refractivity contribution in [2.75, 3.05) is 6.54 Å². The van der Waals surface area contributed by atoms with Gasteiger partial charge in [-0.05, 0) is 12.1 Å². The van der Waals surface area contributed by atoms with Crippen molar-refractivity contribution >= 4 is 0 Å². The number of aromatic nitrogens is 5. The molecule has 0 N–H and O–H groups in total. The van der Waals surface area contributed by atoms with E-state index < -0.39 is 12.0 Å². The zero-order valence-corrected chi connectivity index (χ0v) is 13.7. The number of hydrogen-bond donors (Lipinski definition) is 0. The van der Waals surface area contributed by atoms with Gasteiger partial charge in [-0.25, -0.2) is 14.6 Å². The molecule has 1 aliphatic rings. The fourth-order valence-electron chi connectivity index (χ4n) is 2.95. The van der Waals surface area contributed by atoms with E-state index in [1.54, 1.807) is 4.68 Å². The fraction of sp³-hybridized carbons (Fsp3) is 0.294. The summed E-state index contributed by atoms with van der Waals surface area (Å²) >= 11 is 0. The Morgan fingerprint density at radius 2 is 1.92 bits per heavy atom. The van der Waals surface area contributed by atoms with Crippen molar-refractivity contribution in [2.45, 2.75) is 25.7 Å². The standard InChI is InChI=1S/C17H15F3N6/c18-17(19,20)16-21-8-12-9-25(7-6-15(12)22-16)10-13-11-26(24-23-13)14-4-2-1-3-5-14/h1-5,8,11H,6-7,9-10H2. The molecule has 0 saturated heterocycles. The number of hydrogen-bond acceptors (Lipinski definition) is 5. The molecule has 0 unspecified atom stereocenters. The van der Waals surface area contributed by atoms with Crippen LogP contribution in [-0.2, 0) is 25.7 Å².